The maximum atomic E-state index is 10.8. The van der Waals surface area contributed by atoms with Crippen molar-refractivity contribution in [3.63, 3.8) is 0 Å². The van der Waals surface area contributed by atoms with E-state index in [0.717, 1.165) is 12.3 Å². The van der Waals surface area contributed by atoms with Crippen LogP contribution in [0.25, 0.3) is 0 Å². The molecule has 0 saturated heterocycles. The van der Waals surface area contributed by atoms with E-state index in [9.17, 15) is 8.42 Å². The van der Waals surface area contributed by atoms with Gasteiger partial charge < -0.3 is 10.2 Å². The number of aromatic hydroxyl groups is 2. The smallest absolute Gasteiger partial charge is 0.229 e. The summed E-state index contributed by atoms with van der Waals surface area (Å²) in [6.07, 6.45) is 0.955. The van der Waals surface area contributed by atoms with Crippen molar-refractivity contribution in [3.05, 3.63) is 18.2 Å². The number of anilines is 1. The van der Waals surface area contributed by atoms with Gasteiger partial charge in [0.15, 0.2) is 0 Å². The highest BCUT2D eigenvalue weighted by molar-refractivity contribution is 7.92. The van der Waals surface area contributed by atoms with Crippen LogP contribution in [0.5, 0.6) is 11.5 Å². The Kier molecular flexibility index (Phi) is 2.33. The summed E-state index contributed by atoms with van der Waals surface area (Å²) in [5, 5.41) is 18.1. The molecule has 0 saturated carbocycles. The van der Waals surface area contributed by atoms with E-state index in [-0.39, 0.29) is 17.2 Å². The van der Waals surface area contributed by atoms with Crippen LogP contribution in [-0.2, 0) is 10.0 Å². The Morgan fingerprint density at radius 2 is 1.92 bits per heavy atom. The third-order valence-corrected chi connectivity index (χ3v) is 1.87. The van der Waals surface area contributed by atoms with Gasteiger partial charge in [-0.25, -0.2) is 8.42 Å². The van der Waals surface area contributed by atoms with Gasteiger partial charge in [0.05, 0.1) is 11.9 Å². The standard InChI is InChI=1S/C7H9NO4S/c1-13(11,12)8-6-4-5(9)2-3-7(6)10/h2-4,8-10H,1H3. The SMILES string of the molecule is CS(=O)(=O)Nc1cc(O)ccc1O. The average molecular weight is 203 g/mol. The largest absolute Gasteiger partial charge is 0.508 e. The first-order chi connectivity index (χ1) is 5.88. The minimum absolute atomic E-state index is 0.0394. The molecule has 72 valence electrons. The molecule has 0 atom stereocenters. The number of hydrogen-bond acceptors (Lipinski definition) is 4. The van der Waals surface area contributed by atoms with E-state index in [4.69, 9.17) is 10.2 Å². The maximum Gasteiger partial charge on any atom is 0.229 e. The van der Waals surface area contributed by atoms with E-state index in [2.05, 4.69) is 4.72 Å². The average Bonchev–Trinajstić information content (AvgIpc) is 1.94. The van der Waals surface area contributed by atoms with Crippen molar-refractivity contribution in [3.8, 4) is 11.5 Å². The molecule has 5 nitrogen and oxygen atoms in total. The van der Waals surface area contributed by atoms with Gasteiger partial charge in [0.2, 0.25) is 10.0 Å². The highest BCUT2D eigenvalue weighted by atomic mass is 32.2. The number of hydrogen-bond donors (Lipinski definition) is 3. The van der Waals surface area contributed by atoms with E-state index in [1.54, 1.807) is 0 Å². The lowest BCUT2D eigenvalue weighted by atomic mass is 10.3. The normalized spacial score (nSPS) is 11.2. The van der Waals surface area contributed by atoms with Crippen LogP contribution < -0.4 is 4.72 Å². The third kappa shape index (κ3) is 2.83. The molecule has 3 N–H and O–H groups in total. The van der Waals surface area contributed by atoms with Crippen molar-refractivity contribution < 1.29 is 18.6 Å². The molecule has 0 fully saturated rings. The monoisotopic (exact) mass is 203 g/mol. The first-order valence-electron chi connectivity index (χ1n) is 3.38. The molecule has 1 aromatic carbocycles. The van der Waals surface area contributed by atoms with Crippen molar-refractivity contribution in [1.82, 2.24) is 0 Å². The lowest BCUT2D eigenvalue weighted by Gasteiger charge is -2.05. The molecule has 0 bridgehead atoms. The summed E-state index contributed by atoms with van der Waals surface area (Å²) in [5.41, 5.74) is -0.0394. The number of phenols is 2. The summed E-state index contributed by atoms with van der Waals surface area (Å²) >= 11 is 0. The van der Waals surface area contributed by atoms with Crippen LogP contribution in [0.15, 0.2) is 18.2 Å². The second kappa shape index (κ2) is 3.14. The zero-order valence-electron chi connectivity index (χ0n) is 6.85. The van der Waals surface area contributed by atoms with Crippen LogP contribution in [0.3, 0.4) is 0 Å². The number of nitrogens with one attached hydrogen (secondary N) is 1. The Balaban J connectivity index is 3.08. The maximum absolute atomic E-state index is 10.8. The fraction of sp³-hybridized carbons (Fsp3) is 0.143. The molecule has 0 aliphatic carbocycles. The number of benzene rings is 1. The number of phenolic OH excluding ortho intramolecular Hbond substituents is 2. The van der Waals surface area contributed by atoms with Gasteiger partial charge in [-0.15, -0.1) is 0 Å². The molecule has 0 aliphatic rings. The first kappa shape index (κ1) is 9.66. The van der Waals surface area contributed by atoms with Gasteiger partial charge >= 0.3 is 0 Å². The van der Waals surface area contributed by atoms with E-state index in [1.165, 1.54) is 12.1 Å². The fourth-order valence-electron chi connectivity index (χ4n) is 0.806. The molecule has 0 heterocycles. The predicted molar refractivity (Wildman–Crippen MR) is 48.2 cm³/mol. The second-order valence-corrected chi connectivity index (χ2v) is 4.32. The van der Waals surface area contributed by atoms with Crippen LogP contribution >= 0.6 is 0 Å². The van der Waals surface area contributed by atoms with Gasteiger partial charge in [-0.1, -0.05) is 0 Å². The Bertz CT molecular complexity index is 413. The molecule has 0 radical (unpaired) electrons. The van der Waals surface area contributed by atoms with E-state index >= 15 is 0 Å². The minimum atomic E-state index is -3.44. The van der Waals surface area contributed by atoms with Crippen LogP contribution in [0.1, 0.15) is 0 Å². The molecule has 0 unspecified atom stereocenters. The van der Waals surface area contributed by atoms with E-state index < -0.39 is 10.0 Å². The van der Waals surface area contributed by atoms with Crippen LogP contribution in [-0.4, -0.2) is 24.9 Å². The molecule has 0 aliphatic heterocycles. The highest BCUT2D eigenvalue weighted by Gasteiger charge is 2.06. The van der Waals surface area contributed by atoms with E-state index in [1.807, 2.05) is 0 Å². The van der Waals surface area contributed by atoms with Crippen molar-refractivity contribution in [2.75, 3.05) is 11.0 Å². The lowest BCUT2D eigenvalue weighted by Crippen LogP contribution is -2.09. The molecular formula is C7H9NO4S. The summed E-state index contributed by atoms with van der Waals surface area (Å²) in [4.78, 5) is 0. The highest BCUT2D eigenvalue weighted by Crippen LogP contribution is 2.27. The Labute approximate surface area is 75.7 Å². The van der Waals surface area contributed by atoms with Gasteiger partial charge in [0.1, 0.15) is 11.5 Å². The Morgan fingerprint density at radius 1 is 1.31 bits per heavy atom. The Hall–Kier alpha value is -1.43. The summed E-state index contributed by atoms with van der Waals surface area (Å²) < 4.78 is 23.6. The van der Waals surface area contributed by atoms with Gasteiger partial charge in [-0.2, -0.15) is 0 Å². The molecule has 13 heavy (non-hydrogen) atoms. The van der Waals surface area contributed by atoms with Gasteiger partial charge in [-0.05, 0) is 12.1 Å². The zero-order valence-corrected chi connectivity index (χ0v) is 7.67. The van der Waals surface area contributed by atoms with Crippen LogP contribution in [0.4, 0.5) is 5.69 Å². The molecule has 0 amide bonds. The van der Waals surface area contributed by atoms with Crippen molar-refractivity contribution in [1.29, 1.82) is 0 Å². The van der Waals surface area contributed by atoms with E-state index in [0.29, 0.717) is 0 Å². The molecule has 0 spiro atoms. The molecule has 1 rings (SSSR count). The minimum Gasteiger partial charge on any atom is -0.508 e. The zero-order chi connectivity index (χ0) is 10.1. The predicted octanol–water partition coefficient (Wildman–Crippen LogP) is 0.469. The Morgan fingerprint density at radius 3 is 2.46 bits per heavy atom. The van der Waals surface area contributed by atoms with Crippen LogP contribution in [0.2, 0.25) is 0 Å². The molecular weight excluding hydrogens is 194 g/mol. The summed E-state index contributed by atoms with van der Waals surface area (Å²) in [7, 11) is -3.44. The molecule has 6 heteroatoms. The van der Waals surface area contributed by atoms with Gasteiger partial charge in [0, 0.05) is 6.07 Å². The van der Waals surface area contributed by atoms with Crippen molar-refractivity contribution in [2.45, 2.75) is 0 Å². The number of rotatable bonds is 2. The van der Waals surface area contributed by atoms with Gasteiger partial charge in [-0.3, -0.25) is 4.72 Å². The topological polar surface area (TPSA) is 86.6 Å². The molecule has 1 aromatic rings. The van der Waals surface area contributed by atoms with Crippen LogP contribution in [0, 0.1) is 0 Å². The van der Waals surface area contributed by atoms with Crippen molar-refractivity contribution >= 4 is 15.7 Å². The second-order valence-electron chi connectivity index (χ2n) is 2.58. The summed E-state index contributed by atoms with van der Waals surface area (Å²) in [5.74, 6) is -0.354. The summed E-state index contributed by atoms with van der Waals surface area (Å²) in [6, 6.07) is 3.57. The lowest BCUT2D eigenvalue weighted by molar-refractivity contribution is 0.462. The molecule has 0 aromatic heterocycles. The first-order valence-corrected chi connectivity index (χ1v) is 5.27. The third-order valence-electron chi connectivity index (χ3n) is 1.28. The summed E-state index contributed by atoms with van der Waals surface area (Å²) in [6.45, 7) is 0. The number of sulfonamides is 1. The van der Waals surface area contributed by atoms with Gasteiger partial charge in [0.25, 0.3) is 0 Å². The fourth-order valence-corrected chi connectivity index (χ4v) is 1.37. The quantitative estimate of drug-likeness (QED) is 0.481. The van der Waals surface area contributed by atoms with Crippen molar-refractivity contribution in [2.24, 2.45) is 0 Å².